The van der Waals surface area contributed by atoms with Crippen LogP contribution in [0.15, 0.2) is 24.3 Å². The molecule has 0 radical (unpaired) electrons. The van der Waals surface area contributed by atoms with Gasteiger partial charge in [0.05, 0.1) is 24.4 Å². The van der Waals surface area contributed by atoms with Gasteiger partial charge in [0, 0.05) is 18.8 Å². The molecule has 0 aromatic carbocycles. The van der Waals surface area contributed by atoms with E-state index in [9.17, 15) is 20.1 Å². The number of aliphatic hydroxyl groups is 3. The van der Waals surface area contributed by atoms with E-state index in [-0.39, 0.29) is 23.9 Å². The van der Waals surface area contributed by atoms with E-state index in [1.807, 2.05) is 38.2 Å². The van der Waals surface area contributed by atoms with Crippen molar-refractivity contribution in [2.45, 2.75) is 115 Å². The highest BCUT2D eigenvalue weighted by atomic mass is 16.5. The van der Waals surface area contributed by atoms with Crippen molar-refractivity contribution >= 4 is 5.97 Å². The Morgan fingerprint density at radius 2 is 1.84 bits per heavy atom. The summed E-state index contributed by atoms with van der Waals surface area (Å²) in [6, 6.07) is 0. The Hall–Kier alpha value is -1.17. The Balaban J connectivity index is 1.73. The number of ether oxygens (including phenoxy) is 1. The van der Waals surface area contributed by atoms with Crippen LogP contribution in [0.2, 0.25) is 0 Å². The van der Waals surface area contributed by atoms with E-state index in [2.05, 4.69) is 0 Å². The molecular formula is C26H44O5. The van der Waals surface area contributed by atoms with Crippen molar-refractivity contribution in [2.75, 3.05) is 0 Å². The van der Waals surface area contributed by atoms with Gasteiger partial charge in [-0.2, -0.15) is 0 Å². The highest BCUT2D eigenvalue weighted by molar-refractivity contribution is 5.69. The Bertz CT molecular complexity index is 564. The number of unbranched alkanes of at least 4 members (excludes halogenated alkanes) is 1. The zero-order valence-electron chi connectivity index (χ0n) is 19.5. The summed E-state index contributed by atoms with van der Waals surface area (Å²) in [5.74, 6) is 0.412. The number of carbonyl (C=O) groups is 1. The summed E-state index contributed by atoms with van der Waals surface area (Å²) in [5, 5.41) is 31.1. The zero-order valence-corrected chi connectivity index (χ0v) is 19.5. The number of carbonyl (C=O) groups excluding carboxylic acids is 1. The molecule has 31 heavy (non-hydrogen) atoms. The zero-order chi connectivity index (χ0) is 22.6. The molecule has 0 spiro atoms. The third kappa shape index (κ3) is 9.88. The van der Waals surface area contributed by atoms with E-state index in [0.29, 0.717) is 19.3 Å². The second kappa shape index (κ2) is 14.1. The summed E-state index contributed by atoms with van der Waals surface area (Å²) in [7, 11) is 0. The molecule has 2 rings (SSSR count). The minimum Gasteiger partial charge on any atom is -0.463 e. The van der Waals surface area contributed by atoms with Gasteiger partial charge in [-0.3, -0.25) is 4.79 Å². The van der Waals surface area contributed by atoms with E-state index < -0.39 is 18.3 Å². The number of aliphatic hydroxyl groups excluding tert-OH is 3. The van der Waals surface area contributed by atoms with Crippen LogP contribution in [-0.4, -0.2) is 45.7 Å². The molecule has 4 unspecified atom stereocenters. The fourth-order valence-electron chi connectivity index (χ4n) is 5.00. The van der Waals surface area contributed by atoms with Gasteiger partial charge in [-0.25, -0.2) is 0 Å². The molecule has 3 N–H and O–H groups in total. The second-order valence-electron chi connectivity index (χ2n) is 9.78. The van der Waals surface area contributed by atoms with Gasteiger partial charge in [0.2, 0.25) is 0 Å². The molecule has 0 bridgehead atoms. The van der Waals surface area contributed by atoms with Gasteiger partial charge in [-0.1, -0.05) is 56.4 Å². The van der Waals surface area contributed by atoms with Crippen molar-refractivity contribution in [1.82, 2.24) is 0 Å². The van der Waals surface area contributed by atoms with Crippen molar-refractivity contribution in [3.05, 3.63) is 24.3 Å². The minimum absolute atomic E-state index is 0.0426. The first-order valence-corrected chi connectivity index (χ1v) is 12.4. The third-order valence-corrected chi connectivity index (χ3v) is 6.76. The molecule has 0 amide bonds. The molecule has 2 fully saturated rings. The van der Waals surface area contributed by atoms with Gasteiger partial charge in [-0.05, 0) is 57.8 Å². The molecule has 0 aromatic rings. The fourth-order valence-corrected chi connectivity index (χ4v) is 5.00. The second-order valence-corrected chi connectivity index (χ2v) is 9.78. The van der Waals surface area contributed by atoms with E-state index in [0.717, 1.165) is 31.6 Å². The number of hydrogen-bond acceptors (Lipinski definition) is 5. The van der Waals surface area contributed by atoms with Crippen molar-refractivity contribution in [1.29, 1.82) is 0 Å². The maximum Gasteiger partial charge on any atom is 0.306 e. The van der Waals surface area contributed by atoms with E-state index in [4.69, 9.17) is 4.74 Å². The van der Waals surface area contributed by atoms with Gasteiger partial charge < -0.3 is 20.1 Å². The Labute approximate surface area is 188 Å². The van der Waals surface area contributed by atoms with Crippen LogP contribution < -0.4 is 0 Å². The van der Waals surface area contributed by atoms with Gasteiger partial charge in [0.25, 0.3) is 0 Å². The largest absolute Gasteiger partial charge is 0.463 e. The molecule has 0 heterocycles. The number of esters is 1. The molecule has 178 valence electrons. The summed E-state index contributed by atoms with van der Waals surface area (Å²) in [4.78, 5) is 11.5. The van der Waals surface area contributed by atoms with E-state index in [1.54, 1.807) is 0 Å². The monoisotopic (exact) mass is 436 g/mol. The molecule has 5 heteroatoms. The lowest BCUT2D eigenvalue weighted by Crippen LogP contribution is -2.20. The van der Waals surface area contributed by atoms with Crippen LogP contribution >= 0.6 is 0 Å². The fraction of sp³-hybridized carbons (Fsp3) is 0.808. The van der Waals surface area contributed by atoms with Crippen LogP contribution in [0.5, 0.6) is 0 Å². The van der Waals surface area contributed by atoms with Crippen molar-refractivity contribution in [3.63, 3.8) is 0 Å². The first-order chi connectivity index (χ1) is 14.9. The molecule has 0 aromatic heterocycles. The van der Waals surface area contributed by atoms with Crippen LogP contribution in [0.4, 0.5) is 0 Å². The van der Waals surface area contributed by atoms with Crippen molar-refractivity contribution in [2.24, 2.45) is 17.8 Å². The molecule has 0 aliphatic heterocycles. The normalized spacial score (nSPS) is 28.7. The number of rotatable bonds is 12. The molecule has 5 nitrogen and oxygen atoms in total. The third-order valence-electron chi connectivity index (χ3n) is 6.76. The average molecular weight is 437 g/mol. The molecule has 5 atom stereocenters. The van der Waals surface area contributed by atoms with Gasteiger partial charge in [0.15, 0.2) is 0 Å². The van der Waals surface area contributed by atoms with Gasteiger partial charge in [-0.15, -0.1) is 0 Å². The predicted octanol–water partition coefficient (Wildman–Crippen LogP) is 4.69. The molecule has 0 saturated heterocycles. The maximum atomic E-state index is 11.5. The van der Waals surface area contributed by atoms with Crippen LogP contribution in [0.1, 0.15) is 90.9 Å². The quantitative estimate of drug-likeness (QED) is 0.235. The van der Waals surface area contributed by atoms with Crippen LogP contribution in [-0.2, 0) is 9.53 Å². The van der Waals surface area contributed by atoms with Crippen molar-refractivity contribution in [3.8, 4) is 0 Å². The Kier molecular flexibility index (Phi) is 11.8. The summed E-state index contributed by atoms with van der Waals surface area (Å²) < 4.78 is 5.12. The topological polar surface area (TPSA) is 87.0 Å². The number of hydrogen-bond donors (Lipinski definition) is 3. The first-order valence-electron chi connectivity index (χ1n) is 12.4. The summed E-state index contributed by atoms with van der Waals surface area (Å²) in [6.45, 7) is 3.69. The van der Waals surface area contributed by atoms with Crippen molar-refractivity contribution < 1.29 is 24.9 Å². The van der Waals surface area contributed by atoms with Gasteiger partial charge >= 0.3 is 5.97 Å². The highest BCUT2D eigenvalue weighted by Crippen LogP contribution is 2.36. The average Bonchev–Trinajstić information content (AvgIpc) is 3.00. The summed E-state index contributed by atoms with van der Waals surface area (Å²) in [6.07, 6.45) is 17.6. The summed E-state index contributed by atoms with van der Waals surface area (Å²) >= 11 is 0. The Morgan fingerprint density at radius 1 is 1.10 bits per heavy atom. The highest BCUT2D eigenvalue weighted by Gasteiger charge is 2.39. The van der Waals surface area contributed by atoms with E-state index >= 15 is 0 Å². The van der Waals surface area contributed by atoms with Crippen LogP contribution in [0, 0.1) is 17.8 Å². The molecule has 2 saturated carbocycles. The molecule has 2 aliphatic carbocycles. The summed E-state index contributed by atoms with van der Waals surface area (Å²) in [5.41, 5.74) is 0. The van der Waals surface area contributed by atoms with Crippen LogP contribution in [0.25, 0.3) is 0 Å². The minimum atomic E-state index is -0.569. The molecular weight excluding hydrogens is 392 g/mol. The smallest absolute Gasteiger partial charge is 0.306 e. The maximum absolute atomic E-state index is 11.5. The lowest BCUT2D eigenvalue weighted by Gasteiger charge is -2.22. The SMILES string of the molecule is CC(C)OC(=O)CCC/C=C\CC1C(O)CC(O)[C@@H]1/C=C/C(O)CCC1CCCCC1. The van der Waals surface area contributed by atoms with Gasteiger partial charge in [0.1, 0.15) is 0 Å². The standard InChI is InChI=1S/C26H44O5/c1-19(2)31-26(30)13-9-4-3-8-12-22-23(25(29)18-24(22)28)17-16-21(27)15-14-20-10-6-5-7-11-20/h3,8,16-17,19-25,27-29H,4-7,9-15,18H2,1-2H3/b8-3-,17-16+/t21?,22?,23-,24?,25?/m1/s1. The predicted molar refractivity (Wildman–Crippen MR) is 123 cm³/mol. The Morgan fingerprint density at radius 3 is 2.55 bits per heavy atom. The van der Waals surface area contributed by atoms with E-state index in [1.165, 1.54) is 32.1 Å². The number of allylic oxidation sites excluding steroid dienone is 2. The molecule has 2 aliphatic rings. The van der Waals surface area contributed by atoms with Crippen LogP contribution in [0.3, 0.4) is 0 Å². The lowest BCUT2D eigenvalue weighted by molar-refractivity contribution is -0.147. The lowest BCUT2D eigenvalue weighted by atomic mass is 9.85. The first kappa shape index (κ1) is 26.1.